The van der Waals surface area contributed by atoms with Crippen LogP contribution >= 0.6 is 0 Å². The number of carbonyl (C=O) groups is 2. The predicted molar refractivity (Wildman–Crippen MR) is 73.1 cm³/mol. The van der Waals surface area contributed by atoms with E-state index in [9.17, 15) is 19.8 Å². The van der Waals surface area contributed by atoms with E-state index in [4.69, 9.17) is 10.2 Å². The molecule has 0 heterocycles. The number of rotatable bonds is 6. The molecular formula is C13H18N2O6. The Balaban J connectivity index is 2.76. The van der Waals surface area contributed by atoms with E-state index in [2.05, 4.69) is 5.32 Å². The van der Waals surface area contributed by atoms with Gasteiger partial charge in [0.1, 0.15) is 6.04 Å². The lowest BCUT2D eigenvalue weighted by molar-refractivity contribution is -0.139. The standard InChI is InChI=1S/C13H18N2O6/c1-15(4-5-16)13(21)14-9(12(19)20)6-8-2-3-10(17)11(18)7-8/h2-3,7,9,16-18H,4-6H2,1H3,(H,14,21)(H,19,20)/t9-/m0/s1. The Labute approximate surface area is 121 Å². The Kier molecular flexibility index (Phi) is 5.79. The lowest BCUT2D eigenvalue weighted by Crippen LogP contribution is -2.48. The fourth-order valence-corrected chi connectivity index (χ4v) is 1.64. The topological polar surface area (TPSA) is 130 Å². The van der Waals surface area contributed by atoms with Gasteiger partial charge in [-0.3, -0.25) is 0 Å². The lowest BCUT2D eigenvalue weighted by atomic mass is 10.1. The van der Waals surface area contributed by atoms with Crippen molar-refractivity contribution in [3.05, 3.63) is 23.8 Å². The molecule has 1 aromatic carbocycles. The highest BCUT2D eigenvalue weighted by Crippen LogP contribution is 2.25. The molecule has 0 fully saturated rings. The van der Waals surface area contributed by atoms with E-state index in [1.54, 1.807) is 0 Å². The molecule has 0 aromatic heterocycles. The molecule has 0 spiro atoms. The first-order valence-corrected chi connectivity index (χ1v) is 6.21. The molecule has 0 aliphatic carbocycles. The molecule has 5 N–H and O–H groups in total. The second kappa shape index (κ2) is 7.34. The first-order chi connectivity index (χ1) is 9.85. The van der Waals surface area contributed by atoms with E-state index in [1.165, 1.54) is 25.2 Å². The molecule has 0 saturated carbocycles. The van der Waals surface area contributed by atoms with E-state index in [-0.39, 0.29) is 31.1 Å². The number of carboxylic acid groups (broad SMARTS) is 1. The molecule has 0 unspecified atom stereocenters. The number of phenols is 2. The Morgan fingerprint density at radius 2 is 1.95 bits per heavy atom. The number of aliphatic carboxylic acids is 1. The number of benzene rings is 1. The third-order valence-corrected chi connectivity index (χ3v) is 2.86. The van der Waals surface area contributed by atoms with Crippen molar-refractivity contribution in [1.29, 1.82) is 0 Å². The van der Waals surface area contributed by atoms with Gasteiger partial charge in [-0.25, -0.2) is 9.59 Å². The van der Waals surface area contributed by atoms with E-state index in [1.807, 2.05) is 0 Å². The van der Waals surface area contributed by atoms with Crippen LogP contribution in [-0.4, -0.2) is 63.6 Å². The fourth-order valence-electron chi connectivity index (χ4n) is 1.64. The van der Waals surface area contributed by atoms with Crippen LogP contribution < -0.4 is 5.32 Å². The van der Waals surface area contributed by atoms with Crippen LogP contribution in [0.3, 0.4) is 0 Å². The zero-order chi connectivity index (χ0) is 16.0. The van der Waals surface area contributed by atoms with Crippen molar-refractivity contribution in [2.24, 2.45) is 0 Å². The summed E-state index contributed by atoms with van der Waals surface area (Å²) in [4.78, 5) is 24.0. The van der Waals surface area contributed by atoms with Crippen LogP contribution in [0.4, 0.5) is 4.79 Å². The molecule has 116 valence electrons. The van der Waals surface area contributed by atoms with Crippen LogP contribution in [0.5, 0.6) is 11.5 Å². The number of phenolic OH excluding ortho intramolecular Hbond substituents is 2. The summed E-state index contributed by atoms with van der Waals surface area (Å²) in [5.74, 6) is -1.90. The predicted octanol–water partition coefficient (Wildman–Crippen LogP) is -0.273. The maximum absolute atomic E-state index is 11.7. The highest BCUT2D eigenvalue weighted by Gasteiger charge is 2.22. The van der Waals surface area contributed by atoms with Crippen molar-refractivity contribution in [1.82, 2.24) is 10.2 Å². The van der Waals surface area contributed by atoms with Crippen molar-refractivity contribution in [2.75, 3.05) is 20.2 Å². The largest absolute Gasteiger partial charge is 0.504 e. The van der Waals surface area contributed by atoms with Gasteiger partial charge in [0.25, 0.3) is 0 Å². The Morgan fingerprint density at radius 1 is 1.29 bits per heavy atom. The number of likely N-dealkylation sites (N-methyl/N-ethyl adjacent to an activating group) is 1. The smallest absolute Gasteiger partial charge is 0.326 e. The summed E-state index contributed by atoms with van der Waals surface area (Å²) in [6, 6.07) is 2.11. The molecule has 0 saturated heterocycles. The maximum atomic E-state index is 11.7. The second-order valence-electron chi connectivity index (χ2n) is 4.51. The van der Waals surface area contributed by atoms with Gasteiger partial charge in [-0.2, -0.15) is 0 Å². The zero-order valence-corrected chi connectivity index (χ0v) is 11.5. The number of carbonyl (C=O) groups excluding carboxylic acids is 1. The van der Waals surface area contributed by atoms with Gasteiger partial charge >= 0.3 is 12.0 Å². The molecule has 1 aromatic rings. The van der Waals surface area contributed by atoms with Crippen molar-refractivity contribution >= 4 is 12.0 Å². The molecule has 8 heteroatoms. The number of carboxylic acids is 1. The minimum atomic E-state index is -1.23. The maximum Gasteiger partial charge on any atom is 0.326 e. The van der Waals surface area contributed by atoms with Crippen LogP contribution in [0.2, 0.25) is 0 Å². The van der Waals surface area contributed by atoms with E-state index in [0.29, 0.717) is 5.56 Å². The number of aliphatic hydroxyl groups excluding tert-OH is 1. The van der Waals surface area contributed by atoms with Crippen LogP contribution in [0.1, 0.15) is 5.56 Å². The monoisotopic (exact) mass is 298 g/mol. The lowest BCUT2D eigenvalue weighted by Gasteiger charge is -2.20. The van der Waals surface area contributed by atoms with Gasteiger partial charge in [-0.1, -0.05) is 6.07 Å². The Hall–Kier alpha value is -2.48. The van der Waals surface area contributed by atoms with Crippen molar-refractivity contribution in [3.8, 4) is 11.5 Å². The van der Waals surface area contributed by atoms with Gasteiger partial charge in [-0.05, 0) is 17.7 Å². The average molecular weight is 298 g/mol. The molecule has 1 rings (SSSR count). The summed E-state index contributed by atoms with van der Waals surface area (Å²) in [6.07, 6.45) is -0.0537. The van der Waals surface area contributed by atoms with Gasteiger partial charge in [-0.15, -0.1) is 0 Å². The number of aromatic hydroxyl groups is 2. The average Bonchev–Trinajstić information content (AvgIpc) is 2.42. The second-order valence-corrected chi connectivity index (χ2v) is 4.51. The molecule has 0 bridgehead atoms. The molecule has 0 radical (unpaired) electrons. The SMILES string of the molecule is CN(CCO)C(=O)N[C@@H](Cc1ccc(O)c(O)c1)C(=O)O. The Morgan fingerprint density at radius 3 is 2.48 bits per heavy atom. The van der Waals surface area contributed by atoms with E-state index < -0.39 is 18.0 Å². The molecule has 21 heavy (non-hydrogen) atoms. The number of amides is 2. The minimum absolute atomic E-state index is 0.0537. The van der Waals surface area contributed by atoms with E-state index >= 15 is 0 Å². The van der Waals surface area contributed by atoms with Gasteiger partial charge in [0.2, 0.25) is 0 Å². The summed E-state index contributed by atoms with van der Waals surface area (Å²) in [5.41, 5.74) is 0.447. The van der Waals surface area contributed by atoms with Gasteiger partial charge in [0.05, 0.1) is 6.61 Å². The quantitative estimate of drug-likeness (QED) is 0.459. The van der Waals surface area contributed by atoms with Crippen molar-refractivity contribution in [2.45, 2.75) is 12.5 Å². The molecule has 8 nitrogen and oxygen atoms in total. The van der Waals surface area contributed by atoms with Gasteiger partial charge < -0.3 is 30.6 Å². The minimum Gasteiger partial charge on any atom is -0.504 e. The highest BCUT2D eigenvalue weighted by molar-refractivity contribution is 5.82. The summed E-state index contributed by atoms with van der Waals surface area (Å²) >= 11 is 0. The summed E-state index contributed by atoms with van der Waals surface area (Å²) in [5, 5.41) is 38.7. The van der Waals surface area contributed by atoms with Crippen LogP contribution in [-0.2, 0) is 11.2 Å². The van der Waals surface area contributed by atoms with Crippen molar-refractivity contribution < 1.29 is 30.0 Å². The fraction of sp³-hybridized carbons (Fsp3) is 0.385. The first-order valence-electron chi connectivity index (χ1n) is 6.21. The summed E-state index contributed by atoms with van der Waals surface area (Å²) < 4.78 is 0. The molecule has 0 aliphatic rings. The number of hydrogen-bond acceptors (Lipinski definition) is 5. The van der Waals surface area contributed by atoms with Crippen LogP contribution in [0, 0.1) is 0 Å². The highest BCUT2D eigenvalue weighted by atomic mass is 16.4. The Bertz CT molecular complexity index is 519. The van der Waals surface area contributed by atoms with Crippen LogP contribution in [0.15, 0.2) is 18.2 Å². The normalized spacial score (nSPS) is 11.7. The van der Waals surface area contributed by atoms with Crippen LogP contribution in [0.25, 0.3) is 0 Å². The molecule has 0 aliphatic heterocycles. The van der Waals surface area contributed by atoms with Crippen molar-refractivity contribution in [3.63, 3.8) is 0 Å². The number of nitrogens with zero attached hydrogens (tertiary/aromatic N) is 1. The van der Waals surface area contributed by atoms with Gasteiger partial charge in [0, 0.05) is 20.0 Å². The zero-order valence-electron chi connectivity index (χ0n) is 11.5. The summed E-state index contributed by atoms with van der Waals surface area (Å²) in [7, 11) is 1.43. The third-order valence-electron chi connectivity index (χ3n) is 2.86. The van der Waals surface area contributed by atoms with E-state index in [0.717, 1.165) is 4.90 Å². The molecule has 1 atom stereocenters. The molecule has 2 amide bonds. The third kappa shape index (κ3) is 4.84. The van der Waals surface area contributed by atoms with Gasteiger partial charge in [0.15, 0.2) is 11.5 Å². The number of hydrogen-bond donors (Lipinski definition) is 5. The molecular weight excluding hydrogens is 280 g/mol. The summed E-state index contributed by atoms with van der Waals surface area (Å²) in [6.45, 7) is -0.147. The number of nitrogens with one attached hydrogen (secondary N) is 1. The first kappa shape index (κ1) is 16.6. The number of aliphatic hydroxyl groups is 1. The number of urea groups is 1.